The number of halogens is 3. The second-order valence-corrected chi connectivity index (χ2v) is 11.4. The highest BCUT2D eigenvalue weighted by Crippen LogP contribution is 2.42. The maximum Gasteiger partial charge on any atom is 0.416 e. The van der Waals surface area contributed by atoms with Crippen LogP contribution in [0.15, 0.2) is 22.5 Å². The van der Waals surface area contributed by atoms with Crippen LogP contribution in [0.2, 0.25) is 0 Å². The number of aromatic nitrogens is 1. The van der Waals surface area contributed by atoms with Crippen LogP contribution in [0, 0.1) is 13.8 Å². The van der Waals surface area contributed by atoms with Gasteiger partial charge in [0.25, 0.3) is 0 Å². The average Bonchev–Trinajstić information content (AvgIpc) is 3.29. The number of esters is 1. The fourth-order valence-electron chi connectivity index (χ4n) is 3.74. The summed E-state index contributed by atoms with van der Waals surface area (Å²) in [6.07, 6.45) is -2.48. The molecule has 0 bridgehead atoms. The standard InChI is InChI=1S/C24H28F3NO3S3/c1-5-31-21(29)13-19-15(3)28-23(34-19)32-11-9-16(8-10-30-4)22-14(2)18-7-6-17(24(25,26)27)12-20(18)33-22/h6-7,12,16H,5,8-11,13H2,1-4H3. The number of hydrogen-bond acceptors (Lipinski definition) is 7. The van der Waals surface area contributed by atoms with Gasteiger partial charge in [-0.25, -0.2) is 4.98 Å². The van der Waals surface area contributed by atoms with Crippen molar-refractivity contribution in [1.82, 2.24) is 4.98 Å². The predicted molar refractivity (Wildman–Crippen MR) is 133 cm³/mol. The van der Waals surface area contributed by atoms with Crippen LogP contribution >= 0.6 is 34.4 Å². The van der Waals surface area contributed by atoms with E-state index in [-0.39, 0.29) is 18.3 Å². The highest BCUT2D eigenvalue weighted by Gasteiger charge is 2.31. The molecular formula is C24H28F3NO3S3. The fourth-order valence-corrected chi connectivity index (χ4v) is 7.50. The Morgan fingerprint density at radius 3 is 2.65 bits per heavy atom. The van der Waals surface area contributed by atoms with Crippen molar-refractivity contribution in [3.63, 3.8) is 0 Å². The van der Waals surface area contributed by atoms with Crippen LogP contribution in [0.1, 0.15) is 52.3 Å². The molecule has 1 atom stereocenters. The molecule has 2 aromatic heterocycles. The van der Waals surface area contributed by atoms with Crippen LogP contribution in [-0.2, 0) is 26.9 Å². The van der Waals surface area contributed by atoms with Crippen molar-refractivity contribution in [2.75, 3.05) is 26.1 Å². The van der Waals surface area contributed by atoms with E-state index >= 15 is 0 Å². The fraction of sp³-hybridized carbons (Fsp3) is 0.500. The van der Waals surface area contributed by atoms with E-state index in [9.17, 15) is 18.0 Å². The number of carbonyl (C=O) groups is 1. The highest BCUT2D eigenvalue weighted by molar-refractivity contribution is 8.01. The molecule has 1 unspecified atom stereocenters. The van der Waals surface area contributed by atoms with Crippen molar-refractivity contribution < 1.29 is 27.4 Å². The molecule has 3 rings (SSSR count). The summed E-state index contributed by atoms with van der Waals surface area (Å²) in [5.41, 5.74) is 1.27. The topological polar surface area (TPSA) is 48.4 Å². The number of benzene rings is 1. The normalized spacial score (nSPS) is 12.9. The maximum atomic E-state index is 13.2. The molecule has 0 spiro atoms. The molecule has 0 amide bonds. The van der Waals surface area contributed by atoms with Crippen LogP contribution in [0.4, 0.5) is 13.2 Å². The van der Waals surface area contributed by atoms with E-state index in [0.717, 1.165) is 55.4 Å². The number of carbonyl (C=O) groups excluding carboxylic acids is 1. The van der Waals surface area contributed by atoms with Crippen LogP contribution in [-0.4, -0.2) is 37.0 Å². The summed E-state index contributed by atoms with van der Waals surface area (Å²) in [6.45, 7) is 6.60. The third-order valence-corrected chi connectivity index (χ3v) is 9.27. The first-order chi connectivity index (χ1) is 16.1. The number of rotatable bonds is 11. The molecule has 0 aliphatic carbocycles. The predicted octanol–water partition coefficient (Wildman–Crippen LogP) is 7.40. The Balaban J connectivity index is 1.73. The number of methoxy groups -OCH3 is 1. The number of fused-ring (bicyclic) bond motifs is 1. The van der Waals surface area contributed by atoms with E-state index in [1.54, 1.807) is 31.9 Å². The summed E-state index contributed by atoms with van der Waals surface area (Å²) in [5.74, 6) is 0.736. The van der Waals surface area contributed by atoms with Crippen LogP contribution in [0.25, 0.3) is 10.1 Å². The lowest BCUT2D eigenvalue weighted by atomic mass is 9.96. The monoisotopic (exact) mass is 531 g/mol. The minimum atomic E-state index is -4.35. The molecule has 2 heterocycles. The number of ether oxygens (including phenoxy) is 2. The van der Waals surface area contributed by atoms with Gasteiger partial charge in [0.05, 0.1) is 24.3 Å². The lowest BCUT2D eigenvalue weighted by Gasteiger charge is -2.16. The summed E-state index contributed by atoms with van der Waals surface area (Å²) in [6, 6.07) is 3.99. The lowest BCUT2D eigenvalue weighted by Crippen LogP contribution is -2.07. The molecule has 0 aliphatic heterocycles. The van der Waals surface area contributed by atoms with Crippen molar-refractivity contribution in [2.45, 2.75) is 56.5 Å². The van der Waals surface area contributed by atoms with Gasteiger partial charge in [0.1, 0.15) is 4.34 Å². The SMILES string of the molecule is CCOC(=O)Cc1sc(SCCC(CCOC)c2sc3cc(C(F)(F)F)ccc3c2C)nc1C. The summed E-state index contributed by atoms with van der Waals surface area (Å²) < 4.78 is 51.4. The second-order valence-electron chi connectivity index (χ2n) is 7.89. The van der Waals surface area contributed by atoms with E-state index in [4.69, 9.17) is 9.47 Å². The molecule has 0 fully saturated rings. The quantitative estimate of drug-likeness (QED) is 0.191. The average molecular weight is 532 g/mol. The molecule has 4 nitrogen and oxygen atoms in total. The lowest BCUT2D eigenvalue weighted by molar-refractivity contribution is -0.142. The smallest absolute Gasteiger partial charge is 0.416 e. The summed E-state index contributed by atoms with van der Waals surface area (Å²) >= 11 is 4.60. The van der Waals surface area contributed by atoms with Crippen molar-refractivity contribution in [3.05, 3.63) is 44.8 Å². The first-order valence-corrected chi connectivity index (χ1v) is 13.6. The number of thiophene rings is 1. The Kier molecular flexibility index (Phi) is 9.42. The first kappa shape index (κ1) is 27.0. The van der Waals surface area contributed by atoms with Crippen molar-refractivity contribution in [3.8, 4) is 0 Å². The van der Waals surface area contributed by atoms with Crippen LogP contribution in [0.5, 0.6) is 0 Å². The molecule has 186 valence electrons. The molecule has 0 N–H and O–H groups in total. The number of alkyl halides is 3. The zero-order valence-corrected chi connectivity index (χ0v) is 22.0. The molecule has 0 aliphatic rings. The van der Waals surface area contributed by atoms with Crippen molar-refractivity contribution >= 4 is 50.5 Å². The zero-order valence-electron chi connectivity index (χ0n) is 19.6. The highest BCUT2D eigenvalue weighted by atomic mass is 32.2. The third-order valence-electron chi connectivity index (χ3n) is 5.52. The van der Waals surface area contributed by atoms with Gasteiger partial charge in [-0.2, -0.15) is 13.2 Å². The summed E-state index contributed by atoms with van der Waals surface area (Å²) in [4.78, 5) is 18.4. The van der Waals surface area contributed by atoms with E-state index < -0.39 is 11.7 Å². The molecule has 0 radical (unpaired) electrons. The summed E-state index contributed by atoms with van der Waals surface area (Å²) in [5, 5.41) is 0.877. The number of hydrogen-bond donors (Lipinski definition) is 0. The summed E-state index contributed by atoms with van der Waals surface area (Å²) in [7, 11) is 1.66. The molecule has 3 aromatic rings. The van der Waals surface area contributed by atoms with Gasteiger partial charge >= 0.3 is 12.1 Å². The van der Waals surface area contributed by atoms with Crippen LogP contribution < -0.4 is 0 Å². The Morgan fingerprint density at radius 1 is 1.21 bits per heavy atom. The number of aryl methyl sites for hydroxylation is 2. The van der Waals surface area contributed by atoms with Gasteiger partial charge in [-0.15, -0.1) is 22.7 Å². The largest absolute Gasteiger partial charge is 0.466 e. The van der Waals surface area contributed by atoms with Gasteiger partial charge < -0.3 is 9.47 Å². The minimum Gasteiger partial charge on any atom is -0.466 e. The van der Waals surface area contributed by atoms with Gasteiger partial charge in [0, 0.05) is 33.9 Å². The molecule has 34 heavy (non-hydrogen) atoms. The number of thiazole rings is 1. The molecular weight excluding hydrogens is 503 g/mol. The Morgan fingerprint density at radius 2 is 1.97 bits per heavy atom. The maximum absolute atomic E-state index is 13.2. The molecule has 10 heteroatoms. The van der Waals surface area contributed by atoms with E-state index in [1.807, 2.05) is 13.8 Å². The van der Waals surface area contributed by atoms with Gasteiger partial charge in [-0.1, -0.05) is 17.8 Å². The zero-order chi connectivity index (χ0) is 24.9. The Labute approximate surface area is 209 Å². The second kappa shape index (κ2) is 11.9. The molecule has 0 saturated carbocycles. The van der Waals surface area contributed by atoms with Gasteiger partial charge in [0.2, 0.25) is 0 Å². The van der Waals surface area contributed by atoms with Gasteiger partial charge in [-0.05, 0) is 62.6 Å². The first-order valence-electron chi connectivity index (χ1n) is 11.0. The molecule has 0 saturated heterocycles. The number of thioether (sulfide) groups is 1. The van der Waals surface area contributed by atoms with E-state index in [0.29, 0.717) is 17.9 Å². The third kappa shape index (κ3) is 6.74. The van der Waals surface area contributed by atoms with E-state index in [1.165, 1.54) is 28.7 Å². The molecule has 1 aromatic carbocycles. The Bertz CT molecular complexity index is 1120. The van der Waals surface area contributed by atoms with Crippen molar-refractivity contribution in [1.29, 1.82) is 0 Å². The van der Waals surface area contributed by atoms with Crippen LogP contribution in [0.3, 0.4) is 0 Å². The van der Waals surface area contributed by atoms with Gasteiger partial charge in [-0.3, -0.25) is 4.79 Å². The Hall–Kier alpha value is -1.62. The van der Waals surface area contributed by atoms with Crippen molar-refractivity contribution in [2.24, 2.45) is 0 Å². The number of nitrogens with zero attached hydrogens (tertiary/aromatic N) is 1. The van der Waals surface area contributed by atoms with E-state index in [2.05, 4.69) is 4.98 Å². The van der Waals surface area contributed by atoms with Gasteiger partial charge in [0.15, 0.2) is 0 Å². The minimum absolute atomic E-state index is 0.180.